The lowest BCUT2D eigenvalue weighted by molar-refractivity contribution is 0.0464. The highest BCUT2D eigenvalue weighted by Gasteiger charge is 2.50. The van der Waals surface area contributed by atoms with Gasteiger partial charge in [-0.2, -0.15) is 0 Å². The summed E-state index contributed by atoms with van der Waals surface area (Å²) in [7, 11) is 0. The van der Waals surface area contributed by atoms with Crippen molar-refractivity contribution in [2.45, 2.75) is 12.0 Å². The number of fused-ring (bicyclic) bond motifs is 3. The van der Waals surface area contributed by atoms with E-state index in [2.05, 4.69) is 20.8 Å². The van der Waals surface area contributed by atoms with Crippen molar-refractivity contribution in [3.8, 4) is 17.0 Å². The number of aromatic nitrogens is 2. The number of benzene rings is 1. The van der Waals surface area contributed by atoms with Crippen molar-refractivity contribution in [3.05, 3.63) is 30.1 Å². The SMILES string of the molecule is Oc1c(F)cccc1-c1cc2c(nn1)NCC1(C(F)F)CNCCN21. The molecular formula is C16H16F3N5O. The Balaban J connectivity index is 1.82. The first-order valence-electron chi connectivity index (χ1n) is 7.89. The zero-order chi connectivity index (χ0) is 17.6. The first kappa shape index (κ1) is 15.9. The van der Waals surface area contributed by atoms with E-state index in [-0.39, 0.29) is 24.3 Å². The third-order valence-corrected chi connectivity index (χ3v) is 4.78. The highest BCUT2D eigenvalue weighted by Crippen LogP contribution is 2.41. The van der Waals surface area contributed by atoms with E-state index >= 15 is 0 Å². The van der Waals surface area contributed by atoms with E-state index in [9.17, 15) is 18.3 Å². The monoisotopic (exact) mass is 351 g/mol. The maximum Gasteiger partial charge on any atom is 0.264 e. The van der Waals surface area contributed by atoms with Crippen LogP contribution in [0.4, 0.5) is 24.7 Å². The van der Waals surface area contributed by atoms with Crippen molar-refractivity contribution in [3.63, 3.8) is 0 Å². The van der Waals surface area contributed by atoms with Crippen molar-refractivity contribution >= 4 is 11.5 Å². The number of para-hydroxylation sites is 1. The molecule has 9 heteroatoms. The molecule has 2 aliphatic rings. The Bertz CT molecular complexity index is 818. The molecule has 0 bridgehead atoms. The highest BCUT2D eigenvalue weighted by atomic mass is 19.3. The molecule has 0 radical (unpaired) electrons. The number of hydrogen-bond donors (Lipinski definition) is 3. The topological polar surface area (TPSA) is 73.3 Å². The van der Waals surface area contributed by atoms with E-state index in [0.29, 0.717) is 24.6 Å². The molecule has 1 atom stereocenters. The van der Waals surface area contributed by atoms with E-state index in [1.165, 1.54) is 12.1 Å². The fraction of sp³-hybridized carbons (Fsp3) is 0.375. The fourth-order valence-corrected chi connectivity index (χ4v) is 3.41. The van der Waals surface area contributed by atoms with Crippen LogP contribution in [0.1, 0.15) is 0 Å². The molecular weight excluding hydrogens is 335 g/mol. The zero-order valence-electron chi connectivity index (χ0n) is 13.1. The summed E-state index contributed by atoms with van der Waals surface area (Å²) in [6.45, 7) is 1.14. The van der Waals surface area contributed by atoms with Crippen molar-refractivity contribution in [1.29, 1.82) is 0 Å². The molecule has 132 valence electrons. The summed E-state index contributed by atoms with van der Waals surface area (Å²) < 4.78 is 41.3. The lowest BCUT2D eigenvalue weighted by Crippen LogP contribution is -2.70. The summed E-state index contributed by atoms with van der Waals surface area (Å²) in [4.78, 5) is 1.63. The van der Waals surface area contributed by atoms with Gasteiger partial charge in [0.1, 0.15) is 5.54 Å². The molecule has 1 saturated heterocycles. The summed E-state index contributed by atoms with van der Waals surface area (Å²) in [5.41, 5.74) is -0.517. The van der Waals surface area contributed by atoms with E-state index in [0.717, 1.165) is 6.07 Å². The first-order valence-corrected chi connectivity index (χ1v) is 7.89. The largest absolute Gasteiger partial charge is 0.504 e. The Morgan fingerprint density at radius 1 is 1.24 bits per heavy atom. The number of nitrogens with one attached hydrogen (secondary N) is 2. The van der Waals surface area contributed by atoms with Gasteiger partial charge in [-0.25, -0.2) is 13.2 Å². The minimum atomic E-state index is -2.57. The molecule has 4 rings (SSSR count). The van der Waals surface area contributed by atoms with Crippen LogP contribution in [0, 0.1) is 5.82 Å². The van der Waals surface area contributed by atoms with Gasteiger partial charge in [-0.3, -0.25) is 0 Å². The molecule has 1 unspecified atom stereocenters. The Morgan fingerprint density at radius 3 is 2.88 bits per heavy atom. The zero-order valence-corrected chi connectivity index (χ0v) is 13.1. The van der Waals surface area contributed by atoms with Crippen LogP contribution in [-0.2, 0) is 0 Å². The Labute approximate surface area is 141 Å². The van der Waals surface area contributed by atoms with Gasteiger partial charge >= 0.3 is 0 Å². The number of aromatic hydroxyl groups is 1. The highest BCUT2D eigenvalue weighted by molar-refractivity contribution is 5.77. The Kier molecular flexibility index (Phi) is 3.68. The number of phenols is 1. The van der Waals surface area contributed by atoms with Crippen LogP contribution in [0.2, 0.25) is 0 Å². The molecule has 3 N–H and O–H groups in total. The van der Waals surface area contributed by atoms with Crippen LogP contribution in [0.25, 0.3) is 11.3 Å². The molecule has 2 aliphatic heterocycles. The number of hydrogen-bond acceptors (Lipinski definition) is 6. The maximum atomic E-state index is 13.8. The number of alkyl halides is 2. The van der Waals surface area contributed by atoms with E-state index in [4.69, 9.17) is 0 Å². The molecule has 1 aromatic heterocycles. The standard InChI is InChI=1S/C16H16F3N5O/c17-10-3-1-2-9(13(10)25)11-6-12-14(23-22-11)21-8-16(15(18)19)7-20-4-5-24(12)16/h1-3,6,15,20,25H,4-5,7-8H2,(H,21,23). The second-order valence-corrected chi connectivity index (χ2v) is 6.19. The predicted molar refractivity (Wildman–Crippen MR) is 86.5 cm³/mol. The maximum absolute atomic E-state index is 13.8. The van der Waals surface area contributed by atoms with Crippen LogP contribution in [0.15, 0.2) is 24.3 Å². The minimum absolute atomic E-state index is 0.0455. The van der Waals surface area contributed by atoms with Crippen LogP contribution in [0.5, 0.6) is 5.75 Å². The molecule has 25 heavy (non-hydrogen) atoms. The molecule has 0 saturated carbocycles. The average Bonchev–Trinajstić information content (AvgIpc) is 2.63. The van der Waals surface area contributed by atoms with Gasteiger partial charge in [0.2, 0.25) is 0 Å². The van der Waals surface area contributed by atoms with Gasteiger partial charge in [-0.15, -0.1) is 10.2 Å². The van der Waals surface area contributed by atoms with E-state index < -0.39 is 23.5 Å². The van der Waals surface area contributed by atoms with E-state index in [1.807, 2.05) is 0 Å². The lowest BCUT2D eigenvalue weighted by Gasteiger charge is -2.51. The van der Waals surface area contributed by atoms with Crippen LogP contribution in [-0.4, -0.2) is 53.4 Å². The first-order chi connectivity index (χ1) is 12.0. The molecule has 6 nitrogen and oxygen atoms in total. The van der Waals surface area contributed by atoms with Gasteiger partial charge in [-0.05, 0) is 18.2 Å². The lowest BCUT2D eigenvalue weighted by atomic mass is 9.91. The summed E-state index contributed by atoms with van der Waals surface area (Å²) >= 11 is 0. The Morgan fingerprint density at radius 2 is 2.08 bits per heavy atom. The van der Waals surface area contributed by atoms with Crippen LogP contribution < -0.4 is 15.5 Å². The van der Waals surface area contributed by atoms with Gasteiger partial charge in [0.05, 0.1) is 11.4 Å². The third-order valence-electron chi connectivity index (χ3n) is 4.78. The smallest absolute Gasteiger partial charge is 0.264 e. The summed E-state index contributed by atoms with van der Waals surface area (Å²) in [5, 5.41) is 23.9. The second-order valence-electron chi connectivity index (χ2n) is 6.19. The molecule has 3 heterocycles. The van der Waals surface area contributed by atoms with Gasteiger partial charge in [0, 0.05) is 31.7 Å². The third kappa shape index (κ3) is 2.38. The molecule has 1 fully saturated rings. The molecule has 0 aliphatic carbocycles. The summed E-state index contributed by atoms with van der Waals surface area (Å²) in [5.74, 6) is -0.919. The number of piperazine rings is 1. The van der Waals surface area contributed by atoms with Crippen molar-refractivity contribution in [2.75, 3.05) is 36.4 Å². The predicted octanol–water partition coefficient (Wildman–Crippen LogP) is 1.83. The van der Waals surface area contributed by atoms with Gasteiger partial charge in [-0.1, -0.05) is 6.07 Å². The average molecular weight is 351 g/mol. The summed E-state index contributed by atoms with van der Waals surface area (Å²) in [6, 6.07) is 5.64. The van der Waals surface area contributed by atoms with Gasteiger partial charge < -0.3 is 20.6 Å². The number of rotatable bonds is 2. The number of anilines is 2. The van der Waals surface area contributed by atoms with Crippen LogP contribution >= 0.6 is 0 Å². The van der Waals surface area contributed by atoms with Crippen molar-refractivity contribution in [1.82, 2.24) is 15.5 Å². The normalized spacial score (nSPS) is 22.3. The van der Waals surface area contributed by atoms with Gasteiger partial charge in [0.25, 0.3) is 6.43 Å². The van der Waals surface area contributed by atoms with Gasteiger partial charge in [0.15, 0.2) is 17.4 Å². The summed E-state index contributed by atoms with van der Waals surface area (Å²) in [6.07, 6.45) is -2.57. The molecule has 1 aromatic carbocycles. The molecule has 2 aromatic rings. The van der Waals surface area contributed by atoms with Crippen LogP contribution in [0.3, 0.4) is 0 Å². The second kappa shape index (κ2) is 5.76. The quantitative estimate of drug-likeness (QED) is 0.767. The van der Waals surface area contributed by atoms with E-state index in [1.54, 1.807) is 11.0 Å². The fourth-order valence-electron chi connectivity index (χ4n) is 3.41. The van der Waals surface area contributed by atoms with Crippen molar-refractivity contribution < 1.29 is 18.3 Å². The molecule has 0 amide bonds. The number of phenolic OH excluding ortho intramolecular Hbond substituents is 1. The number of nitrogens with zero attached hydrogens (tertiary/aromatic N) is 3. The minimum Gasteiger partial charge on any atom is -0.504 e. The Hall–Kier alpha value is -2.55. The van der Waals surface area contributed by atoms with Crippen molar-refractivity contribution in [2.24, 2.45) is 0 Å². The molecule has 0 spiro atoms. The number of halogens is 3.